The Morgan fingerprint density at radius 2 is 2.12 bits per heavy atom. The summed E-state index contributed by atoms with van der Waals surface area (Å²) in [5, 5.41) is 7.68. The fourth-order valence-electron chi connectivity index (χ4n) is 1.11. The van der Waals surface area contributed by atoms with Gasteiger partial charge in [-0.25, -0.2) is 0 Å². The predicted octanol–water partition coefficient (Wildman–Crippen LogP) is 2.18. The van der Waals surface area contributed by atoms with Gasteiger partial charge in [0.15, 0.2) is 5.11 Å². The van der Waals surface area contributed by atoms with E-state index in [4.69, 9.17) is 16.6 Å². The number of nitrogens with zero attached hydrogens (tertiary/aromatic N) is 1. The van der Waals surface area contributed by atoms with Gasteiger partial charge in [-0.3, -0.25) is 5.43 Å². The number of nitrogens with one attached hydrogen (secondary N) is 2. The van der Waals surface area contributed by atoms with Crippen LogP contribution in [-0.2, 0) is 0 Å². The predicted molar refractivity (Wildman–Crippen MR) is 69.7 cm³/mol. The molecule has 0 spiro atoms. The lowest BCUT2D eigenvalue weighted by molar-refractivity contribution is 0.524. The van der Waals surface area contributed by atoms with Crippen molar-refractivity contribution >= 4 is 23.0 Å². The molecule has 0 saturated heterocycles. The molecular formula is C11H17N3OS. The summed E-state index contributed by atoms with van der Waals surface area (Å²) < 4.78 is 5.42. The fourth-order valence-corrected chi connectivity index (χ4v) is 1.39. The van der Waals surface area contributed by atoms with Crippen LogP contribution in [0.15, 0.2) is 21.7 Å². The quantitative estimate of drug-likeness (QED) is 0.482. The molecule has 0 bridgehead atoms. The van der Waals surface area contributed by atoms with E-state index in [0.717, 1.165) is 17.2 Å². The van der Waals surface area contributed by atoms with Crippen LogP contribution in [0.1, 0.15) is 32.3 Å². The van der Waals surface area contributed by atoms with E-state index in [1.165, 1.54) is 0 Å². The molecule has 0 radical (unpaired) electrons. The third kappa shape index (κ3) is 4.02. The Morgan fingerprint density at radius 1 is 1.44 bits per heavy atom. The number of hydrogen-bond donors (Lipinski definition) is 2. The molecule has 0 unspecified atom stereocenters. The van der Waals surface area contributed by atoms with Crippen molar-refractivity contribution in [3.63, 3.8) is 0 Å². The lowest BCUT2D eigenvalue weighted by Crippen LogP contribution is -2.37. The van der Waals surface area contributed by atoms with Gasteiger partial charge in [0.05, 0.1) is 0 Å². The first-order valence-corrected chi connectivity index (χ1v) is 5.57. The zero-order valence-corrected chi connectivity index (χ0v) is 10.8. The maximum Gasteiger partial charge on any atom is 0.187 e. The van der Waals surface area contributed by atoms with E-state index in [9.17, 15) is 0 Å². The molecule has 2 N–H and O–H groups in total. The molecule has 0 aromatic carbocycles. The highest BCUT2D eigenvalue weighted by Crippen LogP contribution is 2.06. The van der Waals surface area contributed by atoms with Crippen molar-refractivity contribution in [2.75, 3.05) is 0 Å². The molecule has 16 heavy (non-hydrogen) atoms. The van der Waals surface area contributed by atoms with E-state index < -0.39 is 0 Å². The minimum Gasteiger partial charge on any atom is -0.460 e. The highest BCUT2D eigenvalue weighted by Gasteiger charge is 2.02. The second-order valence-corrected chi connectivity index (χ2v) is 4.26. The van der Waals surface area contributed by atoms with Crippen LogP contribution in [0.3, 0.4) is 0 Å². The zero-order chi connectivity index (χ0) is 12.1. The Balaban J connectivity index is 2.54. The van der Waals surface area contributed by atoms with E-state index >= 15 is 0 Å². The Hall–Kier alpha value is -1.36. The molecule has 0 atom stereocenters. The molecule has 1 rings (SSSR count). The third-order valence-corrected chi connectivity index (χ3v) is 2.05. The normalized spacial score (nSPS) is 11.7. The van der Waals surface area contributed by atoms with Crippen molar-refractivity contribution in [2.24, 2.45) is 5.10 Å². The number of thiocarbonyl (C=S) groups is 1. The van der Waals surface area contributed by atoms with Crippen LogP contribution in [0.4, 0.5) is 0 Å². The second kappa shape index (κ2) is 5.65. The van der Waals surface area contributed by atoms with Crippen LogP contribution in [0.5, 0.6) is 0 Å². The van der Waals surface area contributed by atoms with Crippen molar-refractivity contribution < 1.29 is 4.42 Å². The minimum absolute atomic E-state index is 0.293. The van der Waals surface area contributed by atoms with Gasteiger partial charge in [0.1, 0.15) is 17.2 Å². The first kappa shape index (κ1) is 12.7. The number of rotatable bonds is 3. The first-order chi connectivity index (χ1) is 7.49. The first-order valence-electron chi connectivity index (χ1n) is 5.16. The molecule has 1 aromatic rings. The van der Waals surface area contributed by atoms with Gasteiger partial charge in [0.25, 0.3) is 0 Å². The van der Waals surface area contributed by atoms with Crippen molar-refractivity contribution in [3.05, 3.63) is 23.7 Å². The molecule has 0 amide bonds. The average molecular weight is 239 g/mol. The summed E-state index contributed by atoms with van der Waals surface area (Å²) in [7, 11) is 0. The molecule has 1 aromatic heterocycles. The molecule has 0 fully saturated rings. The Kier molecular flexibility index (Phi) is 4.49. The maximum atomic E-state index is 5.42. The monoisotopic (exact) mass is 239 g/mol. The molecule has 0 aliphatic rings. The van der Waals surface area contributed by atoms with E-state index in [2.05, 4.69) is 15.8 Å². The van der Waals surface area contributed by atoms with Gasteiger partial charge >= 0.3 is 0 Å². The van der Waals surface area contributed by atoms with Crippen LogP contribution >= 0.6 is 12.2 Å². The van der Waals surface area contributed by atoms with E-state index in [1.807, 2.05) is 39.8 Å². The lowest BCUT2D eigenvalue weighted by Gasteiger charge is -2.09. The molecule has 4 nitrogen and oxygen atoms in total. The summed E-state index contributed by atoms with van der Waals surface area (Å²) in [4.78, 5) is 0. The van der Waals surface area contributed by atoms with Gasteiger partial charge < -0.3 is 9.73 Å². The Labute approximate surface area is 101 Å². The van der Waals surface area contributed by atoms with Crippen molar-refractivity contribution in [1.29, 1.82) is 0 Å². The molecular weight excluding hydrogens is 222 g/mol. The van der Waals surface area contributed by atoms with Crippen molar-refractivity contribution in [3.8, 4) is 0 Å². The maximum absolute atomic E-state index is 5.42. The molecule has 5 heteroatoms. The largest absolute Gasteiger partial charge is 0.460 e. The number of aryl methyl sites for hydroxylation is 1. The van der Waals surface area contributed by atoms with E-state index in [-0.39, 0.29) is 0 Å². The van der Waals surface area contributed by atoms with Gasteiger partial charge in [-0.1, -0.05) is 0 Å². The minimum atomic E-state index is 0.293. The third-order valence-electron chi connectivity index (χ3n) is 1.84. The Bertz CT molecular complexity index is 396. The zero-order valence-electron chi connectivity index (χ0n) is 10.00. The highest BCUT2D eigenvalue weighted by atomic mass is 32.1. The second-order valence-electron chi connectivity index (χ2n) is 3.85. The number of furan rings is 1. The van der Waals surface area contributed by atoms with Gasteiger partial charge in [0, 0.05) is 6.04 Å². The molecule has 0 aliphatic heterocycles. The Morgan fingerprint density at radius 3 is 2.62 bits per heavy atom. The van der Waals surface area contributed by atoms with Crippen molar-refractivity contribution in [1.82, 2.24) is 10.7 Å². The summed E-state index contributed by atoms with van der Waals surface area (Å²) >= 11 is 5.04. The fraction of sp³-hybridized carbons (Fsp3) is 0.455. The topological polar surface area (TPSA) is 49.6 Å². The van der Waals surface area contributed by atoms with Gasteiger partial charge in [-0.05, 0) is 52.0 Å². The standard InChI is InChI=1S/C11H17N3OS/c1-7(2)12-11(16)14-13-9(4)10-6-5-8(3)15-10/h5-7H,1-4H3,(H2,12,14,16)/b13-9-. The SMILES string of the molecule is C/C(=N/NC(=S)NC(C)C)c1ccc(C)o1. The van der Waals surface area contributed by atoms with Crippen LogP contribution in [-0.4, -0.2) is 16.9 Å². The van der Waals surface area contributed by atoms with Crippen molar-refractivity contribution in [2.45, 2.75) is 33.7 Å². The van der Waals surface area contributed by atoms with Crippen LogP contribution in [0, 0.1) is 6.92 Å². The molecule has 0 saturated carbocycles. The average Bonchev–Trinajstić information content (AvgIpc) is 2.60. The summed E-state index contributed by atoms with van der Waals surface area (Å²) in [5.41, 5.74) is 3.53. The van der Waals surface area contributed by atoms with E-state index in [1.54, 1.807) is 0 Å². The summed E-state index contributed by atoms with van der Waals surface area (Å²) in [6, 6.07) is 4.08. The van der Waals surface area contributed by atoms with Gasteiger partial charge in [-0.15, -0.1) is 0 Å². The number of hydrogen-bond acceptors (Lipinski definition) is 3. The summed E-state index contributed by atoms with van der Waals surface area (Å²) in [6.45, 7) is 7.79. The van der Waals surface area contributed by atoms with Crippen LogP contribution in [0.25, 0.3) is 0 Å². The lowest BCUT2D eigenvalue weighted by atomic mass is 10.3. The van der Waals surface area contributed by atoms with Crippen LogP contribution < -0.4 is 10.7 Å². The number of hydrazone groups is 1. The smallest absolute Gasteiger partial charge is 0.187 e. The van der Waals surface area contributed by atoms with Gasteiger partial charge in [-0.2, -0.15) is 5.10 Å². The molecule has 1 heterocycles. The summed E-state index contributed by atoms with van der Waals surface area (Å²) in [6.07, 6.45) is 0. The summed E-state index contributed by atoms with van der Waals surface area (Å²) in [5.74, 6) is 1.62. The van der Waals surface area contributed by atoms with E-state index in [0.29, 0.717) is 11.2 Å². The van der Waals surface area contributed by atoms with Crippen LogP contribution in [0.2, 0.25) is 0 Å². The molecule has 0 aliphatic carbocycles. The highest BCUT2D eigenvalue weighted by molar-refractivity contribution is 7.80. The molecule has 88 valence electrons. The van der Waals surface area contributed by atoms with Gasteiger partial charge in [0.2, 0.25) is 0 Å².